The van der Waals surface area contributed by atoms with Gasteiger partial charge in [-0.05, 0) is 17.0 Å². The fraction of sp³-hybridized carbons (Fsp3) is 0.235. The van der Waals surface area contributed by atoms with Crippen LogP contribution in [0.3, 0.4) is 0 Å². The molecule has 0 unspecified atom stereocenters. The molecule has 23 heavy (non-hydrogen) atoms. The zero-order valence-electron chi connectivity index (χ0n) is 12.8. The molecule has 0 aliphatic carbocycles. The molecular weight excluding hydrogens is 310 g/mol. The monoisotopic (exact) mass is 327 g/mol. The number of thiophene rings is 1. The highest BCUT2D eigenvalue weighted by atomic mass is 32.1. The van der Waals surface area contributed by atoms with Gasteiger partial charge in [0.2, 0.25) is 17.7 Å². The van der Waals surface area contributed by atoms with E-state index in [1.54, 1.807) is 23.3 Å². The number of aryl methyl sites for hydroxylation is 1. The lowest BCUT2D eigenvalue weighted by atomic mass is 10.2. The number of hydrogen-bond acceptors (Lipinski definition) is 5. The summed E-state index contributed by atoms with van der Waals surface area (Å²) < 4.78 is 5.59. The van der Waals surface area contributed by atoms with Crippen molar-refractivity contribution in [3.05, 3.63) is 58.6 Å². The van der Waals surface area contributed by atoms with Gasteiger partial charge in [-0.2, -0.15) is 11.3 Å². The maximum atomic E-state index is 12.2. The van der Waals surface area contributed by atoms with Gasteiger partial charge in [-0.15, -0.1) is 10.2 Å². The average molecular weight is 327 g/mol. The van der Waals surface area contributed by atoms with Gasteiger partial charge < -0.3 is 9.32 Å². The summed E-state index contributed by atoms with van der Waals surface area (Å²) in [6.45, 7) is 0.601. The molecule has 2 heterocycles. The summed E-state index contributed by atoms with van der Waals surface area (Å²) in [7, 11) is 1.81. The zero-order chi connectivity index (χ0) is 16.1. The van der Waals surface area contributed by atoms with Gasteiger partial charge in [-0.25, -0.2) is 0 Å². The van der Waals surface area contributed by atoms with Gasteiger partial charge in [0.25, 0.3) is 0 Å². The van der Waals surface area contributed by atoms with Gasteiger partial charge >= 0.3 is 0 Å². The first-order chi connectivity index (χ1) is 11.2. The molecular formula is C17H17N3O2S. The number of nitrogens with zero attached hydrogens (tertiary/aromatic N) is 3. The van der Waals surface area contributed by atoms with Crippen LogP contribution in [0.1, 0.15) is 17.9 Å². The molecule has 1 aromatic carbocycles. The largest absolute Gasteiger partial charge is 0.421 e. The van der Waals surface area contributed by atoms with Gasteiger partial charge in [0.05, 0.1) is 0 Å². The average Bonchev–Trinajstić information content (AvgIpc) is 3.24. The van der Waals surface area contributed by atoms with E-state index in [1.807, 2.05) is 47.2 Å². The molecule has 1 amide bonds. The highest BCUT2D eigenvalue weighted by Crippen LogP contribution is 2.20. The first kappa shape index (κ1) is 15.4. The zero-order valence-corrected chi connectivity index (χ0v) is 13.6. The molecule has 0 aliphatic heterocycles. The van der Waals surface area contributed by atoms with Crippen LogP contribution < -0.4 is 0 Å². The number of hydrogen-bond donors (Lipinski definition) is 0. The van der Waals surface area contributed by atoms with E-state index >= 15 is 0 Å². The molecule has 0 radical (unpaired) electrons. The van der Waals surface area contributed by atoms with E-state index in [0.717, 1.165) is 11.1 Å². The number of aromatic nitrogens is 2. The molecule has 3 aromatic rings. The van der Waals surface area contributed by atoms with Crippen molar-refractivity contribution in [2.75, 3.05) is 7.05 Å². The molecule has 5 nitrogen and oxygen atoms in total. The molecule has 2 aromatic heterocycles. The topological polar surface area (TPSA) is 59.2 Å². The predicted molar refractivity (Wildman–Crippen MR) is 88.8 cm³/mol. The Hall–Kier alpha value is -2.47. The van der Waals surface area contributed by atoms with Crippen LogP contribution in [-0.2, 0) is 17.8 Å². The van der Waals surface area contributed by atoms with E-state index in [2.05, 4.69) is 10.2 Å². The second-order valence-corrected chi connectivity index (χ2v) is 6.03. The van der Waals surface area contributed by atoms with Crippen LogP contribution in [0.4, 0.5) is 0 Å². The molecule has 0 aliphatic rings. The third kappa shape index (κ3) is 4.04. The lowest BCUT2D eigenvalue weighted by molar-refractivity contribution is -0.130. The van der Waals surface area contributed by atoms with Gasteiger partial charge in [-0.1, -0.05) is 30.3 Å². The van der Waals surface area contributed by atoms with Crippen LogP contribution in [0.15, 0.2) is 51.6 Å². The number of rotatable bonds is 6. The van der Waals surface area contributed by atoms with Crippen molar-refractivity contribution in [2.24, 2.45) is 0 Å². The van der Waals surface area contributed by atoms with Crippen molar-refractivity contribution in [3.8, 4) is 11.5 Å². The lowest BCUT2D eigenvalue weighted by Crippen LogP contribution is -2.26. The summed E-state index contributed by atoms with van der Waals surface area (Å²) in [4.78, 5) is 13.9. The second kappa shape index (κ2) is 7.19. The van der Waals surface area contributed by atoms with E-state index in [1.165, 1.54) is 0 Å². The minimum Gasteiger partial charge on any atom is -0.421 e. The van der Waals surface area contributed by atoms with Crippen LogP contribution in [0.2, 0.25) is 0 Å². The van der Waals surface area contributed by atoms with Crippen molar-refractivity contribution < 1.29 is 9.21 Å². The highest BCUT2D eigenvalue weighted by Gasteiger charge is 2.13. The third-order valence-electron chi connectivity index (χ3n) is 3.48. The van der Waals surface area contributed by atoms with Crippen molar-refractivity contribution in [2.45, 2.75) is 19.4 Å². The molecule has 0 saturated heterocycles. The summed E-state index contributed by atoms with van der Waals surface area (Å²) in [5.74, 6) is 1.06. The third-order valence-corrected chi connectivity index (χ3v) is 4.16. The molecule has 0 atom stereocenters. The molecule has 3 rings (SSSR count). The number of benzene rings is 1. The van der Waals surface area contributed by atoms with Crippen molar-refractivity contribution in [3.63, 3.8) is 0 Å². The Morgan fingerprint density at radius 3 is 2.78 bits per heavy atom. The van der Waals surface area contributed by atoms with Crippen molar-refractivity contribution in [1.82, 2.24) is 15.1 Å². The van der Waals surface area contributed by atoms with Gasteiger partial charge in [-0.3, -0.25) is 4.79 Å². The quantitative estimate of drug-likeness (QED) is 0.696. The van der Waals surface area contributed by atoms with Gasteiger partial charge in [0.1, 0.15) is 0 Å². The van der Waals surface area contributed by atoms with Crippen molar-refractivity contribution >= 4 is 17.2 Å². The summed E-state index contributed by atoms with van der Waals surface area (Å²) in [6.07, 6.45) is 0.809. The summed E-state index contributed by atoms with van der Waals surface area (Å²) in [5, 5.41) is 11.9. The fourth-order valence-electron chi connectivity index (χ4n) is 2.21. The van der Waals surface area contributed by atoms with Crippen LogP contribution in [0, 0.1) is 0 Å². The smallest absolute Gasteiger partial charge is 0.248 e. The van der Waals surface area contributed by atoms with E-state index in [9.17, 15) is 4.79 Å². The molecule has 0 saturated carbocycles. The number of carbonyl (C=O) groups excluding carboxylic acids is 1. The molecule has 0 fully saturated rings. The first-order valence-corrected chi connectivity index (χ1v) is 8.29. The molecule has 118 valence electrons. The van der Waals surface area contributed by atoms with Crippen LogP contribution in [-0.4, -0.2) is 28.1 Å². The number of carbonyl (C=O) groups is 1. The SMILES string of the molecule is CN(Cc1ccccc1)C(=O)CCc1nnc(-c2ccsc2)o1. The van der Waals surface area contributed by atoms with Crippen LogP contribution in [0.5, 0.6) is 0 Å². The molecule has 0 bridgehead atoms. The molecule has 0 N–H and O–H groups in total. The first-order valence-electron chi connectivity index (χ1n) is 7.35. The van der Waals surface area contributed by atoms with Crippen LogP contribution in [0.25, 0.3) is 11.5 Å². The van der Waals surface area contributed by atoms with E-state index in [-0.39, 0.29) is 5.91 Å². The minimum absolute atomic E-state index is 0.0594. The van der Waals surface area contributed by atoms with Crippen molar-refractivity contribution in [1.29, 1.82) is 0 Å². The van der Waals surface area contributed by atoms with E-state index in [4.69, 9.17) is 4.42 Å². The molecule has 0 spiro atoms. The Morgan fingerprint density at radius 2 is 2.04 bits per heavy atom. The Labute approximate surface area is 138 Å². The fourth-order valence-corrected chi connectivity index (χ4v) is 2.84. The Balaban J connectivity index is 1.52. The lowest BCUT2D eigenvalue weighted by Gasteiger charge is -2.16. The highest BCUT2D eigenvalue weighted by molar-refractivity contribution is 7.08. The summed E-state index contributed by atoms with van der Waals surface area (Å²) in [6, 6.07) is 11.9. The maximum absolute atomic E-state index is 12.2. The van der Waals surface area contributed by atoms with E-state index < -0.39 is 0 Å². The maximum Gasteiger partial charge on any atom is 0.248 e. The Morgan fingerprint density at radius 1 is 1.22 bits per heavy atom. The van der Waals surface area contributed by atoms with E-state index in [0.29, 0.717) is 31.2 Å². The predicted octanol–water partition coefficient (Wildman–Crippen LogP) is 3.39. The van der Waals surface area contributed by atoms with Crippen LogP contribution >= 0.6 is 11.3 Å². The second-order valence-electron chi connectivity index (χ2n) is 5.25. The number of amides is 1. The van der Waals surface area contributed by atoms with Gasteiger partial charge in [0.15, 0.2) is 0 Å². The molecule has 6 heteroatoms. The summed E-state index contributed by atoms with van der Waals surface area (Å²) >= 11 is 1.58. The standard InChI is InChI=1S/C17H17N3O2S/c1-20(11-13-5-3-2-4-6-13)16(21)8-7-15-18-19-17(22-15)14-9-10-23-12-14/h2-6,9-10,12H,7-8,11H2,1H3. The summed E-state index contributed by atoms with van der Waals surface area (Å²) in [5.41, 5.74) is 2.03. The van der Waals surface area contributed by atoms with Gasteiger partial charge in [0, 0.05) is 37.4 Å². The Kier molecular flexibility index (Phi) is 4.83. The minimum atomic E-state index is 0.0594. The normalized spacial score (nSPS) is 10.7. The Bertz CT molecular complexity index is 753.